The van der Waals surface area contributed by atoms with Crippen LogP contribution in [0.3, 0.4) is 0 Å². The predicted molar refractivity (Wildman–Crippen MR) is 116 cm³/mol. The molecule has 1 unspecified atom stereocenters. The van der Waals surface area contributed by atoms with Crippen molar-refractivity contribution in [3.63, 3.8) is 0 Å². The maximum absolute atomic E-state index is 12.6. The quantitative estimate of drug-likeness (QED) is 0.743. The number of benzene rings is 1. The molecule has 2 heterocycles. The van der Waals surface area contributed by atoms with E-state index in [9.17, 15) is 4.79 Å². The van der Waals surface area contributed by atoms with Crippen LogP contribution in [0.1, 0.15) is 31.4 Å². The lowest BCUT2D eigenvalue weighted by Gasteiger charge is -2.37. The van der Waals surface area contributed by atoms with Crippen molar-refractivity contribution in [3.8, 4) is 0 Å². The Kier molecular flexibility index (Phi) is 11.0. The highest BCUT2D eigenvalue weighted by Crippen LogP contribution is 2.28. The van der Waals surface area contributed by atoms with Crippen LogP contribution in [0.2, 0.25) is 5.02 Å². The summed E-state index contributed by atoms with van der Waals surface area (Å²) in [6.07, 6.45) is 2.10. The van der Waals surface area contributed by atoms with E-state index in [1.807, 2.05) is 18.2 Å². The fourth-order valence-corrected chi connectivity index (χ4v) is 4.10. The highest BCUT2D eigenvalue weighted by molar-refractivity contribution is 6.31. The zero-order chi connectivity index (χ0) is 17.6. The number of nitrogens with zero attached hydrogens (tertiary/aromatic N) is 2. The first-order valence-corrected chi connectivity index (χ1v) is 9.76. The summed E-state index contributed by atoms with van der Waals surface area (Å²) < 4.78 is 0. The average molecular weight is 438 g/mol. The third-order valence-electron chi connectivity index (χ3n) is 5.37. The van der Waals surface area contributed by atoms with E-state index in [-0.39, 0.29) is 36.8 Å². The van der Waals surface area contributed by atoms with Gasteiger partial charge in [-0.25, -0.2) is 0 Å². The van der Waals surface area contributed by atoms with Crippen LogP contribution in [0.5, 0.6) is 0 Å². The Morgan fingerprint density at radius 2 is 1.93 bits per heavy atom. The van der Waals surface area contributed by atoms with Crippen LogP contribution >= 0.6 is 36.4 Å². The Morgan fingerprint density at radius 3 is 2.59 bits per heavy atom. The van der Waals surface area contributed by atoms with Crippen LogP contribution in [-0.2, 0) is 4.79 Å². The highest BCUT2D eigenvalue weighted by atomic mass is 35.5. The molecule has 1 atom stereocenters. The molecule has 1 amide bonds. The molecule has 1 aromatic carbocycles. The van der Waals surface area contributed by atoms with Gasteiger partial charge in [-0.1, -0.05) is 36.7 Å². The molecule has 3 rings (SSSR count). The molecule has 2 N–H and O–H groups in total. The van der Waals surface area contributed by atoms with E-state index < -0.39 is 0 Å². The number of nitrogens with one attached hydrogen (secondary N) is 2. The minimum absolute atomic E-state index is 0. The van der Waals surface area contributed by atoms with Crippen molar-refractivity contribution in [2.24, 2.45) is 0 Å². The lowest BCUT2D eigenvalue weighted by molar-refractivity contribution is -0.124. The fraction of sp³-hybridized carbons (Fsp3) is 0.632. The van der Waals surface area contributed by atoms with E-state index in [1.54, 1.807) is 0 Å². The first-order chi connectivity index (χ1) is 12.2. The van der Waals surface area contributed by atoms with Crippen molar-refractivity contribution in [1.82, 2.24) is 20.4 Å². The van der Waals surface area contributed by atoms with Gasteiger partial charge in [0.05, 0.1) is 6.54 Å². The lowest BCUT2D eigenvalue weighted by Crippen LogP contribution is -2.52. The number of hydrogen-bond acceptors (Lipinski definition) is 4. The summed E-state index contributed by atoms with van der Waals surface area (Å²) >= 11 is 6.38. The van der Waals surface area contributed by atoms with Crippen molar-refractivity contribution in [2.75, 3.05) is 45.8 Å². The second-order valence-electron chi connectivity index (χ2n) is 6.99. The van der Waals surface area contributed by atoms with E-state index in [0.29, 0.717) is 12.6 Å². The van der Waals surface area contributed by atoms with Crippen LogP contribution < -0.4 is 10.6 Å². The van der Waals surface area contributed by atoms with Crippen LogP contribution in [-0.4, -0.2) is 67.6 Å². The lowest BCUT2D eigenvalue weighted by atomic mass is 10.0. The molecule has 0 bridgehead atoms. The molecule has 2 saturated heterocycles. The second-order valence-corrected chi connectivity index (χ2v) is 7.40. The molecule has 154 valence electrons. The number of carbonyl (C=O) groups excluding carboxylic acids is 1. The second kappa shape index (κ2) is 12.1. The number of hydrogen-bond donors (Lipinski definition) is 2. The van der Waals surface area contributed by atoms with Gasteiger partial charge in [0.1, 0.15) is 0 Å². The van der Waals surface area contributed by atoms with Gasteiger partial charge in [0.15, 0.2) is 0 Å². The van der Waals surface area contributed by atoms with Gasteiger partial charge in [0.25, 0.3) is 0 Å². The van der Waals surface area contributed by atoms with E-state index in [1.165, 1.54) is 0 Å². The van der Waals surface area contributed by atoms with Crippen molar-refractivity contribution < 1.29 is 4.79 Å². The topological polar surface area (TPSA) is 47.6 Å². The number of piperidine rings is 1. The van der Waals surface area contributed by atoms with Gasteiger partial charge in [0.2, 0.25) is 5.91 Å². The minimum atomic E-state index is 0. The third kappa shape index (κ3) is 6.77. The smallest absolute Gasteiger partial charge is 0.234 e. The number of likely N-dealkylation sites (tertiary alicyclic amines) is 1. The molecule has 0 aromatic heterocycles. The molecular weight excluding hydrogens is 407 g/mol. The molecule has 0 saturated carbocycles. The summed E-state index contributed by atoms with van der Waals surface area (Å²) in [5.74, 6) is 0.133. The van der Waals surface area contributed by atoms with Gasteiger partial charge < -0.3 is 15.5 Å². The Balaban J connectivity index is 0.00000182. The number of piperazine rings is 1. The summed E-state index contributed by atoms with van der Waals surface area (Å²) in [7, 11) is 0. The van der Waals surface area contributed by atoms with Gasteiger partial charge in [-0.15, -0.1) is 24.8 Å². The normalized spacial score (nSPS) is 21.8. The summed E-state index contributed by atoms with van der Waals surface area (Å²) in [4.78, 5) is 17.3. The van der Waals surface area contributed by atoms with Crippen LogP contribution in [0.15, 0.2) is 24.3 Å². The third-order valence-corrected chi connectivity index (χ3v) is 5.71. The van der Waals surface area contributed by atoms with Crippen molar-refractivity contribution in [1.29, 1.82) is 0 Å². The standard InChI is InChI=1S/C19H29ClN4O.2ClH/c1-2-23-10-7-15(8-11-23)22-19(25)14-24-12-9-21-13-18(24)16-5-3-4-6-17(16)20;;/h3-6,15,18,21H,2,7-14H2,1H3,(H,22,25);2*1H. The monoisotopic (exact) mass is 436 g/mol. The van der Waals surface area contributed by atoms with Crippen LogP contribution in [0, 0.1) is 0 Å². The number of carbonyl (C=O) groups is 1. The molecule has 2 aliphatic rings. The summed E-state index contributed by atoms with van der Waals surface area (Å²) in [5.41, 5.74) is 1.10. The molecule has 27 heavy (non-hydrogen) atoms. The SMILES string of the molecule is CCN1CCC(NC(=O)CN2CCNCC2c2ccccc2Cl)CC1.Cl.Cl. The van der Waals surface area contributed by atoms with Crippen molar-refractivity contribution >= 4 is 42.3 Å². The van der Waals surface area contributed by atoms with Gasteiger partial charge >= 0.3 is 0 Å². The molecule has 0 spiro atoms. The van der Waals surface area contributed by atoms with Gasteiger partial charge in [-0.2, -0.15) is 0 Å². The molecule has 1 aromatic rings. The number of amides is 1. The molecule has 0 radical (unpaired) electrons. The summed E-state index contributed by atoms with van der Waals surface area (Å²) in [6, 6.07) is 8.40. The number of rotatable bonds is 5. The van der Waals surface area contributed by atoms with E-state index in [0.717, 1.165) is 62.7 Å². The number of halogens is 3. The van der Waals surface area contributed by atoms with E-state index >= 15 is 0 Å². The van der Waals surface area contributed by atoms with E-state index in [2.05, 4.69) is 33.4 Å². The van der Waals surface area contributed by atoms with Crippen LogP contribution in [0.25, 0.3) is 0 Å². The first kappa shape index (κ1) is 24.5. The van der Waals surface area contributed by atoms with Crippen molar-refractivity contribution in [2.45, 2.75) is 31.8 Å². The average Bonchev–Trinajstić information content (AvgIpc) is 2.63. The molecule has 2 aliphatic heterocycles. The predicted octanol–water partition coefficient (Wildman–Crippen LogP) is 2.73. The highest BCUT2D eigenvalue weighted by Gasteiger charge is 2.28. The van der Waals surface area contributed by atoms with Gasteiger partial charge in [0, 0.05) is 49.8 Å². The maximum atomic E-state index is 12.6. The molecule has 8 heteroatoms. The zero-order valence-corrected chi connectivity index (χ0v) is 18.2. The van der Waals surface area contributed by atoms with Crippen LogP contribution in [0.4, 0.5) is 0 Å². The van der Waals surface area contributed by atoms with Gasteiger partial charge in [-0.3, -0.25) is 9.69 Å². The Morgan fingerprint density at radius 1 is 1.22 bits per heavy atom. The van der Waals surface area contributed by atoms with Gasteiger partial charge in [-0.05, 0) is 31.0 Å². The Labute approximate surface area is 180 Å². The Hall–Kier alpha value is -0.560. The fourth-order valence-electron chi connectivity index (χ4n) is 3.84. The molecule has 0 aliphatic carbocycles. The molecular formula is C19H31Cl3N4O. The molecule has 2 fully saturated rings. The van der Waals surface area contributed by atoms with E-state index in [4.69, 9.17) is 11.6 Å². The first-order valence-electron chi connectivity index (χ1n) is 9.38. The Bertz CT molecular complexity index is 582. The minimum Gasteiger partial charge on any atom is -0.352 e. The maximum Gasteiger partial charge on any atom is 0.234 e. The summed E-state index contributed by atoms with van der Waals surface area (Å²) in [5, 5.41) is 7.43. The largest absolute Gasteiger partial charge is 0.352 e. The van der Waals surface area contributed by atoms with Crippen molar-refractivity contribution in [3.05, 3.63) is 34.9 Å². The molecule has 5 nitrogen and oxygen atoms in total. The zero-order valence-electron chi connectivity index (χ0n) is 15.8. The summed E-state index contributed by atoms with van der Waals surface area (Å²) in [6.45, 7) is 8.48.